The molecule has 84 valence electrons. The van der Waals surface area contributed by atoms with Crippen LogP contribution in [0.25, 0.3) is 0 Å². The molecule has 0 aliphatic carbocycles. The van der Waals surface area contributed by atoms with Crippen molar-refractivity contribution in [3.05, 3.63) is 0 Å². The first-order valence-electron chi connectivity index (χ1n) is 4.23. The number of nitrogens with two attached hydrogens (primary N) is 2. The van der Waals surface area contributed by atoms with Crippen molar-refractivity contribution in [3.8, 4) is 0 Å². The van der Waals surface area contributed by atoms with Crippen LogP contribution in [0.4, 0.5) is 0 Å². The smallest absolute Gasteiger partial charge is 0.320 e. The Morgan fingerprint density at radius 2 is 1.71 bits per heavy atom. The summed E-state index contributed by atoms with van der Waals surface area (Å²) in [5.74, 6) is -1.75. The molecule has 0 radical (unpaired) electrons. The van der Waals surface area contributed by atoms with Gasteiger partial charge in [0.25, 0.3) is 0 Å². The fourth-order valence-corrected chi connectivity index (χ4v) is 0.409. The lowest BCUT2D eigenvalue weighted by Crippen LogP contribution is -2.34. The Balaban J connectivity index is 0. The Kier molecular flexibility index (Phi) is 9.27. The molecule has 0 aliphatic rings. The van der Waals surface area contributed by atoms with Crippen LogP contribution in [0.3, 0.4) is 0 Å². The molecule has 0 rings (SSSR count). The predicted molar refractivity (Wildman–Crippen MR) is 51.8 cm³/mol. The first kappa shape index (κ1) is 15.3. The minimum atomic E-state index is -0.931. The average Bonchev–Trinajstić information content (AvgIpc) is 2.03. The maximum atomic E-state index is 10.0. The van der Waals surface area contributed by atoms with Crippen LogP contribution in [0.15, 0.2) is 0 Å². The molecule has 14 heavy (non-hydrogen) atoms. The van der Waals surface area contributed by atoms with Crippen LogP contribution in [-0.4, -0.2) is 34.7 Å². The molecule has 1 unspecified atom stereocenters. The molecule has 0 heterocycles. The number of carbonyl (C=O) groups is 2. The highest BCUT2D eigenvalue weighted by molar-refractivity contribution is 5.73. The van der Waals surface area contributed by atoms with Crippen LogP contribution in [0.1, 0.15) is 20.3 Å². The molecule has 0 aromatic heterocycles. The number of hydrogen-bond acceptors (Lipinski definition) is 4. The quantitative estimate of drug-likeness (QED) is 0.490. The summed E-state index contributed by atoms with van der Waals surface area (Å²) in [6.45, 7) is 3.78. The molecule has 0 saturated heterocycles. The van der Waals surface area contributed by atoms with Gasteiger partial charge in [0.1, 0.15) is 6.04 Å². The number of aliphatic carboxylic acids is 2. The lowest BCUT2D eigenvalue weighted by molar-refractivity contribution is -0.139. The van der Waals surface area contributed by atoms with E-state index in [0.717, 1.165) is 0 Å². The molecule has 6 heteroatoms. The molecule has 1 atom stereocenters. The average molecular weight is 206 g/mol. The second-order valence-electron chi connectivity index (χ2n) is 3.04. The van der Waals surface area contributed by atoms with Crippen molar-refractivity contribution in [1.82, 2.24) is 0 Å². The first-order valence-corrected chi connectivity index (χ1v) is 4.23. The van der Waals surface area contributed by atoms with E-state index in [0.29, 0.717) is 0 Å². The van der Waals surface area contributed by atoms with Crippen molar-refractivity contribution in [1.29, 1.82) is 0 Å². The summed E-state index contributed by atoms with van der Waals surface area (Å²) >= 11 is 0. The number of hydrogen-bond donors (Lipinski definition) is 4. The maximum absolute atomic E-state index is 10.0. The van der Waals surface area contributed by atoms with Crippen LogP contribution in [-0.2, 0) is 9.59 Å². The van der Waals surface area contributed by atoms with Gasteiger partial charge < -0.3 is 21.7 Å². The Morgan fingerprint density at radius 1 is 1.29 bits per heavy atom. The molecule has 0 bridgehead atoms. The molecular weight excluding hydrogens is 188 g/mol. The van der Waals surface area contributed by atoms with E-state index in [2.05, 4.69) is 0 Å². The number of rotatable bonds is 4. The van der Waals surface area contributed by atoms with E-state index in [9.17, 15) is 9.59 Å². The van der Waals surface area contributed by atoms with Crippen LogP contribution >= 0.6 is 0 Å². The SMILES string of the molecule is CC(C)C(N)C(=O)O.NCCC(=O)O. The minimum Gasteiger partial charge on any atom is -0.481 e. The Hall–Kier alpha value is -1.14. The topological polar surface area (TPSA) is 127 Å². The molecule has 0 aliphatic heterocycles. The fourth-order valence-electron chi connectivity index (χ4n) is 0.409. The molecule has 0 aromatic rings. The lowest BCUT2D eigenvalue weighted by atomic mass is 10.1. The summed E-state index contributed by atoms with van der Waals surface area (Å²) in [4.78, 5) is 19.5. The molecule has 0 saturated carbocycles. The van der Waals surface area contributed by atoms with Gasteiger partial charge in [-0.25, -0.2) is 0 Å². The molecular formula is C8H18N2O4. The molecule has 0 amide bonds. The summed E-state index contributed by atoms with van der Waals surface area (Å²) in [7, 11) is 0. The van der Waals surface area contributed by atoms with Crippen LogP contribution in [0.2, 0.25) is 0 Å². The van der Waals surface area contributed by atoms with Gasteiger partial charge in [-0.3, -0.25) is 9.59 Å². The van der Waals surface area contributed by atoms with E-state index in [1.807, 2.05) is 0 Å². The van der Waals surface area contributed by atoms with Crippen molar-refractivity contribution in [2.45, 2.75) is 26.3 Å². The van der Waals surface area contributed by atoms with Gasteiger partial charge in [-0.05, 0) is 5.92 Å². The molecule has 0 spiro atoms. The molecule has 0 aromatic carbocycles. The summed E-state index contributed by atoms with van der Waals surface area (Å²) < 4.78 is 0. The van der Waals surface area contributed by atoms with E-state index < -0.39 is 18.0 Å². The van der Waals surface area contributed by atoms with Gasteiger partial charge in [-0.2, -0.15) is 0 Å². The second-order valence-corrected chi connectivity index (χ2v) is 3.04. The van der Waals surface area contributed by atoms with Crippen LogP contribution in [0, 0.1) is 5.92 Å². The zero-order valence-corrected chi connectivity index (χ0v) is 8.43. The third-order valence-corrected chi connectivity index (χ3v) is 1.36. The van der Waals surface area contributed by atoms with Gasteiger partial charge in [0.2, 0.25) is 0 Å². The second kappa shape index (κ2) is 8.46. The summed E-state index contributed by atoms with van der Waals surface area (Å²) in [6.07, 6.45) is 0.0694. The Morgan fingerprint density at radius 3 is 1.71 bits per heavy atom. The van der Waals surface area contributed by atoms with Crippen LogP contribution in [0.5, 0.6) is 0 Å². The van der Waals surface area contributed by atoms with Crippen molar-refractivity contribution in [3.63, 3.8) is 0 Å². The maximum Gasteiger partial charge on any atom is 0.320 e. The number of carboxylic acids is 2. The van der Waals surface area contributed by atoms with Gasteiger partial charge in [-0.15, -0.1) is 0 Å². The number of carboxylic acid groups (broad SMARTS) is 2. The van der Waals surface area contributed by atoms with Gasteiger partial charge in [0, 0.05) is 6.54 Å². The molecule has 6 nitrogen and oxygen atoms in total. The zero-order chi connectivity index (χ0) is 11.7. The fraction of sp³-hybridized carbons (Fsp3) is 0.750. The third-order valence-electron chi connectivity index (χ3n) is 1.36. The Labute approximate surface area is 82.9 Å². The summed E-state index contributed by atoms with van der Waals surface area (Å²) in [6, 6.07) is -0.713. The first-order chi connectivity index (χ1) is 6.32. The highest BCUT2D eigenvalue weighted by Crippen LogP contribution is 1.96. The summed E-state index contributed by atoms with van der Waals surface area (Å²) in [5, 5.41) is 16.1. The molecule has 0 fully saturated rings. The molecule has 6 N–H and O–H groups in total. The van der Waals surface area contributed by atoms with Gasteiger partial charge in [-0.1, -0.05) is 13.8 Å². The van der Waals surface area contributed by atoms with Gasteiger partial charge in [0.05, 0.1) is 6.42 Å². The highest BCUT2D eigenvalue weighted by Gasteiger charge is 2.14. The van der Waals surface area contributed by atoms with E-state index >= 15 is 0 Å². The van der Waals surface area contributed by atoms with E-state index in [1.165, 1.54) is 0 Å². The van der Waals surface area contributed by atoms with Gasteiger partial charge in [0.15, 0.2) is 0 Å². The predicted octanol–water partition coefficient (Wildman–Crippen LogP) is -0.526. The highest BCUT2D eigenvalue weighted by atomic mass is 16.4. The largest absolute Gasteiger partial charge is 0.481 e. The third kappa shape index (κ3) is 10.9. The van der Waals surface area contributed by atoms with Crippen molar-refractivity contribution in [2.24, 2.45) is 17.4 Å². The Bertz CT molecular complexity index is 182. The van der Waals surface area contributed by atoms with E-state index in [4.69, 9.17) is 21.7 Å². The zero-order valence-electron chi connectivity index (χ0n) is 8.43. The van der Waals surface area contributed by atoms with Crippen LogP contribution < -0.4 is 11.5 Å². The van der Waals surface area contributed by atoms with Crippen molar-refractivity contribution >= 4 is 11.9 Å². The lowest BCUT2D eigenvalue weighted by Gasteiger charge is -2.07. The van der Waals surface area contributed by atoms with Gasteiger partial charge >= 0.3 is 11.9 Å². The van der Waals surface area contributed by atoms with E-state index in [1.54, 1.807) is 13.8 Å². The summed E-state index contributed by atoms with van der Waals surface area (Å²) in [5.41, 5.74) is 10.0. The van der Waals surface area contributed by atoms with E-state index in [-0.39, 0.29) is 18.9 Å². The minimum absolute atomic E-state index is 0.0208. The normalized spacial score (nSPS) is 11.5. The van der Waals surface area contributed by atoms with Crippen molar-refractivity contribution in [2.75, 3.05) is 6.54 Å². The standard InChI is InChI=1S/C5H11NO2.C3H7NO2/c1-3(2)4(6)5(7)8;4-2-1-3(5)6/h3-4H,6H2,1-2H3,(H,7,8);1-2,4H2,(H,5,6). The van der Waals surface area contributed by atoms with Crippen molar-refractivity contribution < 1.29 is 19.8 Å². The monoisotopic (exact) mass is 206 g/mol.